The molecule has 30 heavy (non-hydrogen) atoms. The number of fused-ring (bicyclic) bond motifs is 2. The molecule has 4 rings (SSSR count). The van der Waals surface area contributed by atoms with E-state index in [0.29, 0.717) is 18.2 Å². The third kappa shape index (κ3) is 3.78. The Morgan fingerprint density at radius 2 is 1.77 bits per heavy atom. The average Bonchev–Trinajstić information content (AvgIpc) is 3.26. The summed E-state index contributed by atoms with van der Waals surface area (Å²) in [5, 5.41) is 2.99. The van der Waals surface area contributed by atoms with Gasteiger partial charge in [0.1, 0.15) is 5.82 Å². The fourth-order valence-electron chi connectivity index (χ4n) is 3.53. The minimum Gasteiger partial charge on any atom is -0.346 e. The van der Waals surface area contributed by atoms with Crippen LogP contribution in [0.15, 0.2) is 36.7 Å². The van der Waals surface area contributed by atoms with Crippen LogP contribution in [0, 0.1) is 5.92 Å². The maximum Gasteiger partial charge on any atom is 0.281 e. The number of carbonyl (C=O) groups excluding carboxylic acids is 3. The average molecular weight is 406 g/mol. The monoisotopic (exact) mass is 406 g/mol. The van der Waals surface area contributed by atoms with E-state index in [1.54, 1.807) is 0 Å². The molecule has 3 amide bonds. The molecule has 2 N–H and O–H groups in total. The van der Waals surface area contributed by atoms with Gasteiger partial charge in [0, 0.05) is 25.4 Å². The van der Waals surface area contributed by atoms with Gasteiger partial charge in [-0.2, -0.15) is 0 Å². The van der Waals surface area contributed by atoms with E-state index < -0.39 is 11.8 Å². The first-order valence-corrected chi connectivity index (χ1v) is 9.85. The Morgan fingerprint density at radius 1 is 1.10 bits per heavy atom. The fraction of sp³-hybridized carbons (Fsp3) is 0.333. The van der Waals surface area contributed by atoms with Gasteiger partial charge in [-0.25, -0.2) is 15.0 Å². The molecule has 1 aliphatic heterocycles. The van der Waals surface area contributed by atoms with Crippen LogP contribution in [0.3, 0.4) is 0 Å². The topological polar surface area (TPSA) is 121 Å². The fourth-order valence-corrected chi connectivity index (χ4v) is 3.53. The molecule has 0 saturated heterocycles. The maximum atomic E-state index is 12.6. The minimum atomic E-state index is -0.521. The van der Waals surface area contributed by atoms with Gasteiger partial charge in [-0.15, -0.1) is 0 Å². The van der Waals surface area contributed by atoms with E-state index in [0.717, 1.165) is 15.9 Å². The molecule has 9 heteroatoms. The molecule has 0 aliphatic carbocycles. The van der Waals surface area contributed by atoms with Crippen LogP contribution in [0.4, 0.5) is 0 Å². The van der Waals surface area contributed by atoms with E-state index in [1.165, 1.54) is 12.4 Å². The summed E-state index contributed by atoms with van der Waals surface area (Å²) in [5.74, 6) is -0.290. The third-order valence-electron chi connectivity index (χ3n) is 4.94. The number of imidazole rings is 1. The molecule has 0 fully saturated rings. The first kappa shape index (κ1) is 19.7. The van der Waals surface area contributed by atoms with E-state index in [4.69, 9.17) is 0 Å². The van der Waals surface area contributed by atoms with Crippen LogP contribution in [0.5, 0.6) is 0 Å². The largest absolute Gasteiger partial charge is 0.346 e. The zero-order valence-electron chi connectivity index (χ0n) is 16.8. The van der Waals surface area contributed by atoms with Gasteiger partial charge >= 0.3 is 0 Å². The lowest BCUT2D eigenvalue weighted by Gasteiger charge is -2.19. The predicted molar refractivity (Wildman–Crippen MR) is 108 cm³/mol. The predicted octanol–water partition coefficient (Wildman–Crippen LogP) is 2.24. The number of aromatic amines is 1. The molecule has 1 aliphatic rings. The molecule has 0 unspecified atom stereocenters. The molecule has 3 aromatic rings. The third-order valence-corrected chi connectivity index (χ3v) is 4.94. The summed E-state index contributed by atoms with van der Waals surface area (Å²) in [6.45, 7) is 4.11. The number of aromatic nitrogens is 4. The second-order valence-corrected chi connectivity index (χ2v) is 7.65. The minimum absolute atomic E-state index is 0.0136. The van der Waals surface area contributed by atoms with Gasteiger partial charge in [-0.05, 0) is 24.5 Å². The molecule has 0 bridgehead atoms. The van der Waals surface area contributed by atoms with Crippen LogP contribution >= 0.6 is 0 Å². The normalized spacial score (nSPS) is 14.4. The highest BCUT2D eigenvalue weighted by molar-refractivity contribution is 6.19. The summed E-state index contributed by atoms with van der Waals surface area (Å²) in [5.41, 5.74) is 1.80. The Balaban J connectivity index is 1.43. The second kappa shape index (κ2) is 8.02. The molecule has 0 saturated carbocycles. The molecule has 0 spiro atoms. The zero-order chi connectivity index (χ0) is 21.3. The number of benzene rings is 1. The van der Waals surface area contributed by atoms with E-state index in [1.807, 2.05) is 24.3 Å². The number of hydrogen-bond acceptors (Lipinski definition) is 6. The number of nitrogens with one attached hydrogen (secondary N) is 2. The highest BCUT2D eigenvalue weighted by Crippen LogP contribution is 2.23. The number of rotatable bonds is 7. The summed E-state index contributed by atoms with van der Waals surface area (Å²) in [4.78, 5) is 54.1. The van der Waals surface area contributed by atoms with Crippen LogP contribution in [0.25, 0.3) is 11.0 Å². The van der Waals surface area contributed by atoms with Gasteiger partial charge in [0.15, 0.2) is 11.4 Å². The van der Waals surface area contributed by atoms with Crippen molar-refractivity contribution in [2.45, 2.75) is 32.7 Å². The van der Waals surface area contributed by atoms with Crippen molar-refractivity contribution in [1.29, 1.82) is 0 Å². The van der Waals surface area contributed by atoms with Crippen molar-refractivity contribution in [3.8, 4) is 0 Å². The summed E-state index contributed by atoms with van der Waals surface area (Å²) >= 11 is 0. The van der Waals surface area contributed by atoms with Gasteiger partial charge < -0.3 is 10.3 Å². The first-order chi connectivity index (χ1) is 14.4. The Bertz CT molecular complexity index is 1050. The number of hydrogen-bond donors (Lipinski definition) is 2. The lowest BCUT2D eigenvalue weighted by Crippen LogP contribution is -2.36. The van der Waals surface area contributed by atoms with Gasteiger partial charge in [0.25, 0.3) is 11.8 Å². The Morgan fingerprint density at radius 3 is 2.40 bits per heavy atom. The van der Waals surface area contributed by atoms with Crippen molar-refractivity contribution in [3.63, 3.8) is 0 Å². The van der Waals surface area contributed by atoms with Crippen molar-refractivity contribution in [3.05, 3.63) is 53.9 Å². The number of para-hydroxylation sites is 2. The molecular weight excluding hydrogens is 384 g/mol. The zero-order valence-corrected chi connectivity index (χ0v) is 16.8. The van der Waals surface area contributed by atoms with Crippen molar-refractivity contribution in [1.82, 2.24) is 30.2 Å². The summed E-state index contributed by atoms with van der Waals surface area (Å²) in [6, 6.07) is 7.38. The molecule has 9 nitrogen and oxygen atoms in total. The first-order valence-electron chi connectivity index (χ1n) is 9.85. The Labute approximate surface area is 172 Å². The molecular formula is C21H22N6O3. The van der Waals surface area contributed by atoms with Gasteiger partial charge in [0.05, 0.1) is 17.1 Å². The van der Waals surface area contributed by atoms with Crippen LogP contribution in [-0.2, 0) is 4.79 Å². The van der Waals surface area contributed by atoms with E-state index >= 15 is 0 Å². The number of amides is 3. The molecule has 0 radical (unpaired) electrons. The smallest absolute Gasteiger partial charge is 0.281 e. The van der Waals surface area contributed by atoms with E-state index in [2.05, 4.69) is 39.1 Å². The molecule has 1 atom stereocenters. The number of H-pyrrole nitrogens is 1. The molecule has 2 aromatic heterocycles. The second-order valence-electron chi connectivity index (χ2n) is 7.65. The van der Waals surface area contributed by atoms with Crippen LogP contribution < -0.4 is 5.32 Å². The number of nitrogens with zero attached hydrogens (tertiary/aromatic N) is 4. The van der Waals surface area contributed by atoms with Crippen LogP contribution in [0.2, 0.25) is 0 Å². The molecule has 1 aromatic carbocycles. The van der Waals surface area contributed by atoms with Gasteiger partial charge in [0.2, 0.25) is 5.91 Å². The van der Waals surface area contributed by atoms with Crippen LogP contribution in [0.1, 0.15) is 59.5 Å². The highest BCUT2D eigenvalue weighted by Gasteiger charge is 2.38. The van der Waals surface area contributed by atoms with Crippen molar-refractivity contribution in [2.24, 2.45) is 5.92 Å². The number of carbonyl (C=O) groups is 3. The van der Waals surface area contributed by atoms with E-state index in [9.17, 15) is 14.4 Å². The van der Waals surface area contributed by atoms with Crippen LogP contribution in [-0.4, -0.2) is 49.1 Å². The standard InChI is InChI=1S/C21H22N6O3/c1-12(2)11-15(19-25-13-5-3-4-6-14(13)26-19)24-16(28)7-10-27-20(29)17-18(21(27)30)23-9-8-22-17/h3-6,8-9,12,15H,7,10-11H2,1-2H3,(H,24,28)(H,25,26)/t15-/m0/s1. The Kier molecular flexibility index (Phi) is 5.26. The Hall–Kier alpha value is -3.62. The SMILES string of the molecule is CC(C)C[C@H](NC(=O)CCN1C(=O)c2nccnc2C1=O)c1nc2ccccc2[nH]1. The van der Waals surface area contributed by atoms with Crippen molar-refractivity contribution in [2.75, 3.05) is 6.54 Å². The lowest BCUT2D eigenvalue weighted by molar-refractivity contribution is -0.122. The quantitative estimate of drug-likeness (QED) is 0.581. The molecule has 154 valence electrons. The summed E-state index contributed by atoms with van der Waals surface area (Å²) in [7, 11) is 0. The van der Waals surface area contributed by atoms with Crippen molar-refractivity contribution < 1.29 is 14.4 Å². The molecule has 3 heterocycles. The lowest BCUT2D eigenvalue weighted by atomic mass is 10.0. The summed E-state index contributed by atoms with van der Waals surface area (Å²) < 4.78 is 0. The number of imide groups is 1. The van der Waals surface area contributed by atoms with Gasteiger partial charge in [-0.3, -0.25) is 19.3 Å². The maximum absolute atomic E-state index is 12.6. The van der Waals surface area contributed by atoms with Gasteiger partial charge in [-0.1, -0.05) is 26.0 Å². The highest BCUT2D eigenvalue weighted by atomic mass is 16.2. The van der Waals surface area contributed by atoms with Crippen molar-refractivity contribution >= 4 is 28.8 Å². The summed E-state index contributed by atoms with van der Waals surface area (Å²) in [6.07, 6.45) is 3.42. The van der Waals surface area contributed by atoms with E-state index in [-0.39, 0.29) is 36.3 Å².